The van der Waals surface area contributed by atoms with E-state index in [0.717, 1.165) is 12.2 Å². The lowest BCUT2D eigenvalue weighted by molar-refractivity contribution is 0.641. The van der Waals surface area contributed by atoms with Gasteiger partial charge in [0, 0.05) is 41.6 Å². The molecule has 0 aliphatic heterocycles. The summed E-state index contributed by atoms with van der Waals surface area (Å²) in [6, 6.07) is 1.86. The summed E-state index contributed by atoms with van der Waals surface area (Å²) in [6.45, 7) is 3.40. The van der Waals surface area contributed by atoms with Crippen molar-refractivity contribution in [3.63, 3.8) is 0 Å². The standard InChI is InChI=1S/C9H15N3OS/c1-8(14(2)13)5-11-6-9-3-4-10-7-12-9/h3-4,7-8,11H,5-6H2,1-2H3. The molecule has 0 amide bonds. The molecule has 1 N–H and O–H groups in total. The first-order valence-electron chi connectivity index (χ1n) is 4.48. The first-order valence-corrected chi connectivity index (χ1v) is 6.10. The van der Waals surface area contributed by atoms with Crippen molar-refractivity contribution in [1.29, 1.82) is 0 Å². The van der Waals surface area contributed by atoms with Gasteiger partial charge in [0.05, 0.1) is 5.69 Å². The Morgan fingerprint density at radius 1 is 1.64 bits per heavy atom. The third kappa shape index (κ3) is 3.93. The summed E-state index contributed by atoms with van der Waals surface area (Å²) in [5.74, 6) is 0. The fourth-order valence-electron chi connectivity index (χ4n) is 0.944. The highest BCUT2D eigenvalue weighted by molar-refractivity contribution is 7.84. The summed E-state index contributed by atoms with van der Waals surface area (Å²) in [4.78, 5) is 7.90. The average molecular weight is 213 g/mol. The summed E-state index contributed by atoms with van der Waals surface area (Å²) in [7, 11) is -0.763. The van der Waals surface area contributed by atoms with Gasteiger partial charge in [0.2, 0.25) is 0 Å². The van der Waals surface area contributed by atoms with Crippen molar-refractivity contribution in [2.45, 2.75) is 18.7 Å². The minimum absolute atomic E-state index is 0.178. The first kappa shape index (κ1) is 11.3. The molecule has 1 aromatic heterocycles. The molecule has 0 spiro atoms. The SMILES string of the molecule is CC(CNCc1ccncn1)S(C)=O. The highest BCUT2D eigenvalue weighted by Crippen LogP contribution is 1.93. The Bertz CT molecular complexity index is 291. The van der Waals surface area contributed by atoms with Crippen LogP contribution in [0.1, 0.15) is 12.6 Å². The average Bonchev–Trinajstić information content (AvgIpc) is 2.19. The van der Waals surface area contributed by atoms with Crippen LogP contribution in [0.4, 0.5) is 0 Å². The zero-order valence-corrected chi connectivity index (χ0v) is 9.25. The fourth-order valence-corrected chi connectivity index (χ4v) is 1.30. The van der Waals surface area contributed by atoms with Gasteiger partial charge in [-0.2, -0.15) is 0 Å². The maximum Gasteiger partial charge on any atom is 0.115 e. The van der Waals surface area contributed by atoms with Crippen LogP contribution < -0.4 is 5.32 Å². The monoisotopic (exact) mass is 213 g/mol. The quantitative estimate of drug-likeness (QED) is 0.766. The van der Waals surface area contributed by atoms with Gasteiger partial charge < -0.3 is 5.32 Å². The summed E-state index contributed by atoms with van der Waals surface area (Å²) in [5.41, 5.74) is 0.953. The third-order valence-electron chi connectivity index (χ3n) is 1.95. The number of rotatable bonds is 5. The van der Waals surface area contributed by atoms with E-state index in [2.05, 4.69) is 15.3 Å². The minimum Gasteiger partial charge on any atom is -0.310 e. The van der Waals surface area contributed by atoms with Crippen LogP contribution in [0.5, 0.6) is 0 Å². The lowest BCUT2D eigenvalue weighted by atomic mass is 10.4. The van der Waals surface area contributed by atoms with E-state index < -0.39 is 10.8 Å². The van der Waals surface area contributed by atoms with Crippen molar-refractivity contribution < 1.29 is 4.21 Å². The Morgan fingerprint density at radius 3 is 3.00 bits per heavy atom. The Hall–Kier alpha value is -0.810. The van der Waals surface area contributed by atoms with Gasteiger partial charge in [-0.25, -0.2) is 9.97 Å². The van der Waals surface area contributed by atoms with Crippen LogP contribution in [-0.2, 0) is 17.3 Å². The molecule has 0 aliphatic rings. The number of nitrogens with one attached hydrogen (secondary N) is 1. The van der Waals surface area contributed by atoms with Crippen LogP contribution in [0, 0.1) is 0 Å². The molecule has 14 heavy (non-hydrogen) atoms. The molecule has 0 aliphatic carbocycles. The van der Waals surface area contributed by atoms with Gasteiger partial charge in [0.25, 0.3) is 0 Å². The van der Waals surface area contributed by atoms with E-state index in [4.69, 9.17) is 0 Å². The molecule has 0 aromatic carbocycles. The molecule has 0 saturated heterocycles. The van der Waals surface area contributed by atoms with Gasteiger partial charge in [-0.15, -0.1) is 0 Å². The Kier molecular flexibility index (Phi) is 4.69. The van der Waals surface area contributed by atoms with E-state index in [-0.39, 0.29) is 5.25 Å². The number of nitrogens with zero attached hydrogens (tertiary/aromatic N) is 2. The van der Waals surface area contributed by atoms with E-state index in [1.807, 2.05) is 13.0 Å². The van der Waals surface area contributed by atoms with E-state index in [0.29, 0.717) is 6.54 Å². The second-order valence-corrected chi connectivity index (χ2v) is 4.94. The zero-order chi connectivity index (χ0) is 10.4. The lowest BCUT2D eigenvalue weighted by Crippen LogP contribution is -2.27. The first-order chi connectivity index (χ1) is 6.70. The van der Waals surface area contributed by atoms with Crippen molar-refractivity contribution >= 4 is 10.8 Å². The molecule has 1 heterocycles. The Balaban J connectivity index is 2.26. The second kappa shape index (κ2) is 5.82. The number of hydrogen-bond acceptors (Lipinski definition) is 4. The molecule has 0 radical (unpaired) electrons. The van der Waals surface area contributed by atoms with Gasteiger partial charge >= 0.3 is 0 Å². The van der Waals surface area contributed by atoms with Crippen molar-refractivity contribution in [3.8, 4) is 0 Å². The molecule has 1 rings (SSSR count). The molecule has 78 valence electrons. The molecule has 0 bridgehead atoms. The predicted octanol–water partition coefficient (Wildman–Crippen LogP) is 0.333. The van der Waals surface area contributed by atoms with E-state index in [9.17, 15) is 4.21 Å². The summed E-state index contributed by atoms with van der Waals surface area (Å²) in [6.07, 6.45) is 4.96. The maximum absolute atomic E-state index is 11.0. The molecule has 0 fully saturated rings. The smallest absolute Gasteiger partial charge is 0.115 e. The van der Waals surface area contributed by atoms with E-state index >= 15 is 0 Å². The van der Waals surface area contributed by atoms with Crippen LogP contribution in [-0.4, -0.2) is 32.2 Å². The summed E-state index contributed by atoms with van der Waals surface area (Å²) >= 11 is 0. The molecule has 1 aromatic rings. The van der Waals surface area contributed by atoms with E-state index in [1.165, 1.54) is 6.33 Å². The zero-order valence-electron chi connectivity index (χ0n) is 8.43. The van der Waals surface area contributed by atoms with Crippen LogP contribution in [0.2, 0.25) is 0 Å². The van der Waals surface area contributed by atoms with Crippen molar-refractivity contribution in [2.24, 2.45) is 0 Å². The number of hydrogen-bond donors (Lipinski definition) is 1. The Morgan fingerprint density at radius 2 is 2.43 bits per heavy atom. The Labute approximate surface area is 86.6 Å². The van der Waals surface area contributed by atoms with Gasteiger partial charge in [-0.1, -0.05) is 0 Å². The molecule has 4 nitrogen and oxygen atoms in total. The van der Waals surface area contributed by atoms with E-state index in [1.54, 1.807) is 12.5 Å². The lowest BCUT2D eigenvalue weighted by Gasteiger charge is -2.08. The maximum atomic E-state index is 11.0. The molecular weight excluding hydrogens is 198 g/mol. The highest BCUT2D eigenvalue weighted by atomic mass is 32.2. The predicted molar refractivity (Wildman–Crippen MR) is 57.3 cm³/mol. The summed E-state index contributed by atoms with van der Waals surface area (Å²) < 4.78 is 11.0. The van der Waals surface area contributed by atoms with Crippen LogP contribution in [0.3, 0.4) is 0 Å². The molecular formula is C9H15N3OS. The second-order valence-electron chi connectivity index (χ2n) is 3.14. The van der Waals surface area contributed by atoms with Gasteiger partial charge in [0.1, 0.15) is 6.33 Å². The molecule has 2 unspecified atom stereocenters. The molecule has 2 atom stereocenters. The largest absolute Gasteiger partial charge is 0.310 e. The van der Waals surface area contributed by atoms with Gasteiger partial charge in [-0.05, 0) is 13.0 Å². The molecule has 5 heteroatoms. The van der Waals surface area contributed by atoms with Crippen LogP contribution in [0.15, 0.2) is 18.6 Å². The third-order valence-corrected chi connectivity index (χ3v) is 3.25. The van der Waals surface area contributed by atoms with Gasteiger partial charge in [-0.3, -0.25) is 4.21 Å². The van der Waals surface area contributed by atoms with Crippen molar-refractivity contribution in [2.75, 3.05) is 12.8 Å². The van der Waals surface area contributed by atoms with Gasteiger partial charge in [0.15, 0.2) is 0 Å². The topological polar surface area (TPSA) is 54.9 Å². The van der Waals surface area contributed by atoms with Crippen molar-refractivity contribution in [3.05, 3.63) is 24.3 Å². The summed E-state index contributed by atoms with van der Waals surface area (Å²) in [5, 5.41) is 3.38. The fraction of sp³-hybridized carbons (Fsp3) is 0.556. The normalized spacial score (nSPS) is 15.0. The van der Waals surface area contributed by atoms with Crippen LogP contribution in [0.25, 0.3) is 0 Å². The highest BCUT2D eigenvalue weighted by Gasteiger charge is 2.04. The minimum atomic E-state index is -0.763. The molecule has 0 saturated carbocycles. The van der Waals surface area contributed by atoms with Crippen molar-refractivity contribution in [1.82, 2.24) is 15.3 Å². The number of aromatic nitrogens is 2. The van der Waals surface area contributed by atoms with Crippen LogP contribution >= 0.6 is 0 Å².